The maximum absolute atomic E-state index is 12.0. The first-order chi connectivity index (χ1) is 9.99. The van der Waals surface area contributed by atoms with Gasteiger partial charge >= 0.3 is 5.69 Å². The van der Waals surface area contributed by atoms with Crippen LogP contribution >= 0.6 is 0 Å². The van der Waals surface area contributed by atoms with E-state index >= 15 is 0 Å². The van der Waals surface area contributed by atoms with Crippen molar-refractivity contribution in [1.29, 1.82) is 0 Å². The van der Waals surface area contributed by atoms with E-state index < -0.39 is 4.92 Å². The van der Waals surface area contributed by atoms with Crippen LogP contribution in [0.15, 0.2) is 18.2 Å². The van der Waals surface area contributed by atoms with Crippen molar-refractivity contribution in [3.63, 3.8) is 0 Å². The Morgan fingerprint density at radius 1 is 1.48 bits per heavy atom. The van der Waals surface area contributed by atoms with E-state index in [1.807, 2.05) is 0 Å². The van der Waals surface area contributed by atoms with E-state index in [4.69, 9.17) is 4.74 Å². The average molecular weight is 293 g/mol. The molecular formula is C14H19N3O4. The molecule has 7 nitrogen and oxygen atoms in total. The summed E-state index contributed by atoms with van der Waals surface area (Å²) in [6, 6.07) is 4.23. The van der Waals surface area contributed by atoms with E-state index in [0.29, 0.717) is 12.1 Å². The summed E-state index contributed by atoms with van der Waals surface area (Å²) in [7, 11) is 3.27. The molecule has 0 saturated carbocycles. The first-order valence-corrected chi connectivity index (χ1v) is 6.86. The van der Waals surface area contributed by atoms with Gasteiger partial charge in [0.1, 0.15) is 6.10 Å². The normalized spacial score (nSPS) is 18.1. The molecule has 0 aliphatic carbocycles. The summed E-state index contributed by atoms with van der Waals surface area (Å²) in [6.45, 7) is 1.59. The van der Waals surface area contributed by atoms with Crippen molar-refractivity contribution >= 4 is 11.6 Å². The summed E-state index contributed by atoms with van der Waals surface area (Å²) >= 11 is 0. The van der Waals surface area contributed by atoms with Crippen molar-refractivity contribution < 1.29 is 14.5 Å². The third kappa shape index (κ3) is 3.69. The highest BCUT2D eigenvalue weighted by atomic mass is 16.6. The van der Waals surface area contributed by atoms with Crippen LogP contribution < -0.4 is 10.1 Å². The maximum atomic E-state index is 12.0. The molecule has 1 atom stereocenters. The fourth-order valence-corrected chi connectivity index (χ4v) is 2.25. The van der Waals surface area contributed by atoms with Crippen molar-refractivity contribution in [2.75, 3.05) is 27.2 Å². The number of hydrogen-bond acceptors (Lipinski definition) is 5. The predicted octanol–water partition coefficient (Wildman–Crippen LogP) is 1.43. The smallest absolute Gasteiger partial charge is 0.310 e. The number of nitro benzene ring substituents is 1. The van der Waals surface area contributed by atoms with E-state index in [9.17, 15) is 14.9 Å². The zero-order chi connectivity index (χ0) is 15.4. The molecule has 1 heterocycles. The second-order valence-corrected chi connectivity index (χ2v) is 5.23. The molecule has 0 radical (unpaired) electrons. The first-order valence-electron chi connectivity index (χ1n) is 6.86. The minimum atomic E-state index is -0.491. The van der Waals surface area contributed by atoms with Crippen LogP contribution in [0.25, 0.3) is 0 Å². The van der Waals surface area contributed by atoms with Crippen LogP contribution in [-0.4, -0.2) is 49.0 Å². The van der Waals surface area contributed by atoms with Crippen LogP contribution in [0.5, 0.6) is 5.75 Å². The van der Waals surface area contributed by atoms with E-state index in [0.717, 1.165) is 19.4 Å². The van der Waals surface area contributed by atoms with Gasteiger partial charge in [0.05, 0.1) is 4.92 Å². The topological polar surface area (TPSA) is 84.7 Å². The van der Waals surface area contributed by atoms with Gasteiger partial charge < -0.3 is 15.0 Å². The number of benzene rings is 1. The summed E-state index contributed by atoms with van der Waals surface area (Å²) < 4.78 is 5.74. The lowest BCUT2D eigenvalue weighted by Gasteiger charge is -2.24. The summed E-state index contributed by atoms with van der Waals surface area (Å²) in [5, 5.41) is 14.3. The van der Waals surface area contributed by atoms with Crippen molar-refractivity contribution in [2.45, 2.75) is 18.9 Å². The molecule has 1 aliphatic heterocycles. The van der Waals surface area contributed by atoms with Gasteiger partial charge in [0, 0.05) is 38.3 Å². The highest BCUT2D eigenvalue weighted by Crippen LogP contribution is 2.30. The Labute approximate surface area is 123 Å². The number of hydrogen-bond donors (Lipinski definition) is 1. The SMILES string of the molecule is CN(C)C(=O)c1ccc([N+](=O)[O-])c(OC2CCCNC2)c1. The lowest BCUT2D eigenvalue weighted by molar-refractivity contribution is -0.386. The lowest BCUT2D eigenvalue weighted by Crippen LogP contribution is -2.37. The highest BCUT2D eigenvalue weighted by Gasteiger charge is 2.23. The minimum Gasteiger partial charge on any atom is -0.482 e. The number of ether oxygens (including phenoxy) is 1. The first kappa shape index (κ1) is 15.2. The molecule has 1 N–H and O–H groups in total. The van der Waals surface area contributed by atoms with Crippen molar-refractivity contribution in [2.24, 2.45) is 0 Å². The zero-order valence-corrected chi connectivity index (χ0v) is 12.2. The molecule has 7 heteroatoms. The number of amides is 1. The minimum absolute atomic E-state index is 0.109. The number of rotatable bonds is 4. The number of carbonyl (C=O) groups excluding carboxylic acids is 1. The second-order valence-electron chi connectivity index (χ2n) is 5.23. The number of carbonyl (C=O) groups is 1. The van der Waals surface area contributed by atoms with Crippen LogP contribution in [0.1, 0.15) is 23.2 Å². The van der Waals surface area contributed by atoms with Crippen LogP contribution in [0.4, 0.5) is 5.69 Å². The number of nitrogens with one attached hydrogen (secondary N) is 1. The second kappa shape index (κ2) is 6.53. The van der Waals surface area contributed by atoms with Gasteiger partial charge in [-0.05, 0) is 25.5 Å². The Hall–Kier alpha value is -2.15. The molecule has 1 aromatic carbocycles. The van der Waals surface area contributed by atoms with Crippen molar-refractivity contribution in [1.82, 2.24) is 10.2 Å². The van der Waals surface area contributed by atoms with E-state index in [2.05, 4.69) is 5.32 Å². The Bertz CT molecular complexity index is 539. The molecule has 1 amide bonds. The van der Waals surface area contributed by atoms with Gasteiger partial charge in [0.25, 0.3) is 5.91 Å². The molecule has 21 heavy (non-hydrogen) atoms. The quantitative estimate of drug-likeness (QED) is 0.670. The Morgan fingerprint density at radius 3 is 2.81 bits per heavy atom. The molecule has 114 valence electrons. The van der Waals surface area contributed by atoms with E-state index in [1.165, 1.54) is 23.1 Å². The maximum Gasteiger partial charge on any atom is 0.310 e. The van der Waals surface area contributed by atoms with Gasteiger partial charge in [-0.2, -0.15) is 0 Å². The molecule has 2 rings (SSSR count). The summed E-state index contributed by atoms with van der Waals surface area (Å²) in [6.07, 6.45) is 1.70. The van der Waals surface area contributed by atoms with Gasteiger partial charge in [-0.1, -0.05) is 0 Å². The predicted molar refractivity (Wildman–Crippen MR) is 77.6 cm³/mol. The molecule has 1 fully saturated rings. The highest BCUT2D eigenvalue weighted by molar-refractivity contribution is 5.94. The molecule has 1 aliphatic rings. The van der Waals surface area contributed by atoms with Gasteiger partial charge in [-0.25, -0.2) is 0 Å². The fourth-order valence-electron chi connectivity index (χ4n) is 2.25. The zero-order valence-electron chi connectivity index (χ0n) is 12.2. The number of nitrogens with zero attached hydrogens (tertiary/aromatic N) is 2. The number of nitro groups is 1. The van der Waals surface area contributed by atoms with E-state index in [-0.39, 0.29) is 23.4 Å². The Balaban J connectivity index is 2.28. The lowest BCUT2D eigenvalue weighted by atomic mass is 10.1. The molecule has 0 bridgehead atoms. The van der Waals surface area contributed by atoms with Gasteiger partial charge in [-0.15, -0.1) is 0 Å². The standard InChI is InChI=1S/C14H19N3O4/c1-16(2)14(18)10-5-6-12(17(19)20)13(8-10)21-11-4-3-7-15-9-11/h5-6,8,11,15H,3-4,7,9H2,1-2H3. The molecule has 0 aromatic heterocycles. The fraction of sp³-hybridized carbons (Fsp3) is 0.500. The van der Waals surface area contributed by atoms with Crippen molar-refractivity contribution in [3.8, 4) is 5.75 Å². The summed E-state index contributed by atoms with van der Waals surface area (Å²) in [5.41, 5.74) is 0.264. The van der Waals surface area contributed by atoms with Crippen LogP contribution in [0, 0.1) is 10.1 Å². The molecule has 0 spiro atoms. The van der Waals surface area contributed by atoms with Gasteiger partial charge in [0.2, 0.25) is 0 Å². The van der Waals surface area contributed by atoms with Crippen molar-refractivity contribution in [3.05, 3.63) is 33.9 Å². The molecule has 1 saturated heterocycles. The number of piperidine rings is 1. The average Bonchev–Trinajstić information content (AvgIpc) is 2.47. The van der Waals surface area contributed by atoms with Crippen LogP contribution in [0.3, 0.4) is 0 Å². The Kier molecular flexibility index (Phi) is 4.74. The third-order valence-electron chi connectivity index (χ3n) is 3.35. The molecule has 1 unspecified atom stereocenters. The summed E-state index contributed by atoms with van der Waals surface area (Å²) in [5.74, 6) is -0.0575. The molecule has 1 aromatic rings. The van der Waals surface area contributed by atoms with E-state index in [1.54, 1.807) is 14.1 Å². The summed E-state index contributed by atoms with van der Waals surface area (Å²) in [4.78, 5) is 24.0. The van der Waals surface area contributed by atoms with Gasteiger partial charge in [0.15, 0.2) is 5.75 Å². The van der Waals surface area contributed by atoms with Crippen LogP contribution in [0.2, 0.25) is 0 Å². The monoisotopic (exact) mass is 293 g/mol. The largest absolute Gasteiger partial charge is 0.482 e. The third-order valence-corrected chi connectivity index (χ3v) is 3.35. The molecular weight excluding hydrogens is 274 g/mol. The van der Waals surface area contributed by atoms with Crippen LogP contribution in [-0.2, 0) is 0 Å². The van der Waals surface area contributed by atoms with Gasteiger partial charge in [-0.3, -0.25) is 14.9 Å². The Morgan fingerprint density at radius 2 is 2.24 bits per heavy atom.